The molecule has 0 saturated carbocycles. The number of anilines is 1. The molecule has 374 valence electrons. The number of nitrogens with one attached hydrogen (secondary N) is 3. The lowest BCUT2D eigenvalue weighted by Crippen LogP contribution is -2.58. The first-order chi connectivity index (χ1) is 33.3. The number of thioether (sulfide) groups is 1. The van der Waals surface area contributed by atoms with Crippen LogP contribution in [0, 0.1) is 22.7 Å². The van der Waals surface area contributed by atoms with Crippen molar-refractivity contribution in [3.05, 3.63) is 112 Å². The molecule has 3 amide bonds. The number of amides is 3. The van der Waals surface area contributed by atoms with Gasteiger partial charge in [0, 0.05) is 54.4 Å². The van der Waals surface area contributed by atoms with E-state index in [1.807, 2.05) is 122 Å². The first-order valence-corrected chi connectivity index (χ1v) is 25.4. The fourth-order valence-corrected chi connectivity index (χ4v) is 10.1. The predicted octanol–water partition coefficient (Wildman–Crippen LogP) is 7.49. The number of carbonyl (C=O) groups excluding carboxylic acids is 3. The summed E-state index contributed by atoms with van der Waals surface area (Å²) in [5.74, 6) is -1.01. The molecule has 15 nitrogen and oxygen atoms in total. The highest BCUT2D eigenvalue weighted by Crippen LogP contribution is 2.32. The number of ether oxygens (including phenoxy) is 1. The molecule has 5 N–H and O–H groups in total. The molecule has 2 unspecified atom stereocenters. The zero-order valence-corrected chi connectivity index (χ0v) is 43.1. The van der Waals surface area contributed by atoms with Crippen molar-refractivity contribution in [3.63, 3.8) is 0 Å². The van der Waals surface area contributed by atoms with E-state index in [9.17, 15) is 29.9 Å². The Hall–Kier alpha value is -5.54. The zero-order chi connectivity index (χ0) is 50.9. The van der Waals surface area contributed by atoms with Crippen LogP contribution in [0.4, 0.5) is 5.69 Å². The topological polar surface area (TPSA) is 197 Å². The van der Waals surface area contributed by atoms with E-state index in [1.54, 1.807) is 28.6 Å². The predicted molar refractivity (Wildman–Crippen MR) is 278 cm³/mol. The third-order valence-corrected chi connectivity index (χ3v) is 14.5. The quantitative estimate of drug-likeness (QED) is 0.0461. The summed E-state index contributed by atoms with van der Waals surface area (Å²) < 4.78 is 7.93. The molecule has 7 atom stereocenters. The van der Waals surface area contributed by atoms with Crippen LogP contribution < -0.4 is 20.9 Å². The van der Waals surface area contributed by atoms with Crippen LogP contribution in [0.25, 0.3) is 16.2 Å². The lowest BCUT2D eigenvalue weighted by Gasteiger charge is -2.37. The molecule has 2 fully saturated rings. The number of hydrogen-bond donors (Lipinski definition) is 5. The van der Waals surface area contributed by atoms with Gasteiger partial charge in [0.05, 0.1) is 46.8 Å². The second-order valence-electron chi connectivity index (χ2n) is 19.5. The van der Waals surface area contributed by atoms with Gasteiger partial charge in [0.15, 0.2) is 0 Å². The number of aromatic nitrogens is 2. The van der Waals surface area contributed by atoms with Crippen molar-refractivity contribution in [1.82, 2.24) is 30.6 Å². The van der Waals surface area contributed by atoms with E-state index in [1.165, 1.54) is 4.90 Å². The highest BCUT2D eigenvalue weighted by molar-refractivity contribution is 8.07. The number of rotatable bonds is 19. The van der Waals surface area contributed by atoms with Crippen molar-refractivity contribution >= 4 is 58.4 Å². The van der Waals surface area contributed by atoms with Gasteiger partial charge in [0.1, 0.15) is 31.0 Å². The van der Waals surface area contributed by atoms with E-state index >= 15 is 0 Å². The molecule has 2 saturated heterocycles. The molecule has 2 aliphatic heterocycles. The molecule has 2 aliphatic rings. The highest BCUT2D eigenvalue weighted by Gasteiger charge is 2.45. The fraction of sp³-hybridized carbons (Fsp3) is 0.472. The average Bonchev–Trinajstić information content (AvgIpc) is 3.98. The van der Waals surface area contributed by atoms with Gasteiger partial charge >= 0.3 is 0 Å². The van der Waals surface area contributed by atoms with E-state index in [4.69, 9.17) is 16.3 Å². The number of piperidine rings is 1. The summed E-state index contributed by atoms with van der Waals surface area (Å²) in [7, 11) is 0. The van der Waals surface area contributed by atoms with Crippen molar-refractivity contribution in [2.75, 3.05) is 37.4 Å². The van der Waals surface area contributed by atoms with E-state index in [-0.39, 0.29) is 49.6 Å². The van der Waals surface area contributed by atoms with E-state index in [0.29, 0.717) is 17.1 Å². The largest absolute Gasteiger partial charge is 0.391 e. The first-order valence-electron chi connectivity index (χ1n) is 23.8. The number of benzene rings is 3. The van der Waals surface area contributed by atoms with Crippen molar-refractivity contribution in [2.45, 2.75) is 117 Å². The van der Waals surface area contributed by atoms with Gasteiger partial charge in [-0.05, 0) is 112 Å². The molecule has 6 rings (SSSR count). The van der Waals surface area contributed by atoms with Crippen molar-refractivity contribution in [2.24, 2.45) is 16.3 Å². The Morgan fingerprint density at radius 3 is 2.30 bits per heavy atom. The Kier molecular flexibility index (Phi) is 18.5. The number of halogens is 1. The van der Waals surface area contributed by atoms with Gasteiger partial charge in [0.2, 0.25) is 17.7 Å². The van der Waals surface area contributed by atoms with Gasteiger partial charge in [-0.1, -0.05) is 74.8 Å². The monoisotopic (exact) mass is 993 g/mol. The number of nitrogens with zero attached hydrogens (tertiary/aromatic N) is 6. The second-order valence-corrected chi connectivity index (χ2v) is 20.7. The minimum Gasteiger partial charge on any atom is -0.391 e. The standard InChI is InChI=1S/C53H68ClN9O6S/c1-32(29-62-25-22-45(60-62)40-14-15-41(28-55)44(54)26-40)57-50(66)39-16-18-42(19-17-39)61-23-20-37(21-24-61)35(4)69-31-47(65)59-49(53(5,6)7)52(68)63-30-43(64)27-46(63)51(67)58-33(2)36-10-12-38(13-11-36)48(70-9)34(3)56-8/h10-19,22,25-26,32-33,35,37,43,46,49-50,57,64,66H,8,20-21,23-24,27,29-31H2,1-7,9H3,(H,58,67)(H,59,65)/b48-34-/t32-,33-,35?,43+,46?,49+,50+/m0/s1. The summed E-state index contributed by atoms with van der Waals surface area (Å²) in [4.78, 5) is 50.2. The van der Waals surface area contributed by atoms with Crippen molar-refractivity contribution in [1.29, 1.82) is 5.26 Å². The summed E-state index contributed by atoms with van der Waals surface area (Å²) in [5.41, 5.74) is 5.78. The first kappa shape index (κ1) is 53.8. The molecule has 0 aliphatic carbocycles. The summed E-state index contributed by atoms with van der Waals surface area (Å²) in [6.07, 6.45) is 3.69. The normalized spacial score (nSPS) is 19.1. The molecule has 4 aromatic rings. The van der Waals surface area contributed by atoms with Crippen LogP contribution in [0.5, 0.6) is 0 Å². The summed E-state index contributed by atoms with van der Waals surface area (Å²) in [6, 6.07) is 22.6. The van der Waals surface area contributed by atoms with Crippen LogP contribution >= 0.6 is 23.4 Å². The molecular weight excluding hydrogens is 926 g/mol. The van der Waals surface area contributed by atoms with E-state index < -0.39 is 41.6 Å². The molecular formula is C53H68ClN9O6S. The molecule has 3 heterocycles. The number of β-amino-alcohol motifs (C(OH)–C–C–N with tert-alkyl or cyclic N) is 1. The lowest BCUT2D eigenvalue weighted by atomic mass is 9.85. The molecule has 3 aromatic carbocycles. The minimum atomic E-state index is -0.968. The Morgan fingerprint density at radius 2 is 1.69 bits per heavy atom. The number of likely N-dealkylation sites (tertiary alicyclic amines) is 1. The highest BCUT2D eigenvalue weighted by atomic mass is 35.5. The third kappa shape index (κ3) is 13.7. The Labute approximate surface area is 421 Å². The van der Waals surface area contributed by atoms with Crippen LogP contribution in [-0.2, 0) is 25.7 Å². The van der Waals surface area contributed by atoms with Gasteiger partial charge in [-0.3, -0.25) is 29.4 Å². The molecule has 70 heavy (non-hydrogen) atoms. The van der Waals surface area contributed by atoms with Crippen LogP contribution in [0.3, 0.4) is 0 Å². The Morgan fingerprint density at radius 1 is 1.01 bits per heavy atom. The summed E-state index contributed by atoms with van der Waals surface area (Å²) in [5, 5.41) is 45.2. The fourth-order valence-electron chi connectivity index (χ4n) is 9.10. The SMILES string of the molecule is C=N/C(C)=C(\SC)c1ccc([C@H](C)NC(=O)C2C[C@@H](O)CN2C(=O)[C@@H](NC(=O)COC(C)C2CCN(c3ccc([C@@H](O)N[C@@H](C)Cn4ccc(-c5ccc(C#N)c(Cl)c5)n4)cc3)CC2)C(C)(C)C)cc1. The van der Waals surface area contributed by atoms with Gasteiger partial charge in [-0.2, -0.15) is 10.4 Å². The van der Waals surface area contributed by atoms with Gasteiger partial charge in [-0.15, -0.1) is 11.8 Å². The lowest BCUT2D eigenvalue weighted by molar-refractivity contribution is -0.145. The number of nitriles is 1. The molecule has 17 heteroatoms. The number of aliphatic hydroxyl groups excluding tert-OH is 2. The summed E-state index contributed by atoms with van der Waals surface area (Å²) in [6.45, 7) is 18.8. The number of hydrogen-bond acceptors (Lipinski definition) is 12. The average molecular weight is 995 g/mol. The molecule has 1 aromatic heterocycles. The molecule has 0 radical (unpaired) electrons. The zero-order valence-electron chi connectivity index (χ0n) is 41.5. The molecule has 0 bridgehead atoms. The maximum Gasteiger partial charge on any atom is 0.246 e. The summed E-state index contributed by atoms with van der Waals surface area (Å²) >= 11 is 7.81. The van der Waals surface area contributed by atoms with Gasteiger partial charge in [0.25, 0.3) is 0 Å². The van der Waals surface area contributed by atoms with Gasteiger partial charge in [-0.25, -0.2) is 0 Å². The smallest absolute Gasteiger partial charge is 0.246 e. The maximum atomic E-state index is 14.2. The van der Waals surface area contributed by atoms with Crippen molar-refractivity contribution in [3.8, 4) is 17.3 Å². The van der Waals surface area contributed by atoms with Crippen molar-refractivity contribution < 1.29 is 29.3 Å². The van der Waals surface area contributed by atoms with Crippen LogP contribution in [-0.4, -0.2) is 112 Å². The van der Waals surface area contributed by atoms with E-state index in [0.717, 1.165) is 70.2 Å². The number of allylic oxidation sites excluding steroid dienone is 1. The minimum absolute atomic E-state index is 0.0206. The van der Waals surface area contributed by atoms with E-state index in [2.05, 4.69) is 43.7 Å². The third-order valence-electron chi connectivity index (χ3n) is 13.3. The number of carbonyl (C=O) groups is 3. The Bertz CT molecular complexity index is 2530. The molecule has 0 spiro atoms. The Balaban J connectivity index is 0.948. The van der Waals surface area contributed by atoms with Gasteiger partial charge < -0.3 is 35.4 Å². The van der Waals surface area contributed by atoms with Crippen LogP contribution in [0.15, 0.2) is 89.7 Å². The second kappa shape index (κ2) is 24.0. The number of aliphatic hydroxyl groups is 2. The number of aliphatic imine (C=N–C) groups is 1. The van der Waals surface area contributed by atoms with Crippen LogP contribution in [0.2, 0.25) is 5.02 Å². The maximum absolute atomic E-state index is 14.2. The van der Waals surface area contributed by atoms with Crippen LogP contribution in [0.1, 0.15) is 102 Å².